The molecule has 0 bridgehead atoms. The molecule has 0 unspecified atom stereocenters. The zero-order valence-corrected chi connectivity index (χ0v) is 16.1. The molecule has 1 aromatic carbocycles. The van der Waals surface area contributed by atoms with Crippen molar-refractivity contribution in [1.82, 2.24) is 10.6 Å². The number of ether oxygens (including phenoxy) is 1. The molecule has 0 aliphatic heterocycles. The zero-order chi connectivity index (χ0) is 15.8. The smallest absolute Gasteiger partial charge is 0.191 e. The van der Waals surface area contributed by atoms with Crippen molar-refractivity contribution in [3.05, 3.63) is 53.5 Å². The lowest BCUT2D eigenvalue weighted by Crippen LogP contribution is -2.38. The van der Waals surface area contributed by atoms with Crippen molar-refractivity contribution in [1.29, 1.82) is 0 Å². The van der Waals surface area contributed by atoms with Crippen LogP contribution >= 0.6 is 24.0 Å². The molecule has 2 rings (SSSR count). The van der Waals surface area contributed by atoms with Crippen LogP contribution in [0.4, 0.5) is 0 Å². The number of guanidine groups is 1. The van der Waals surface area contributed by atoms with Crippen molar-refractivity contribution in [3.8, 4) is 5.75 Å². The maximum absolute atomic E-state index is 5.85. The molecule has 0 saturated carbocycles. The summed E-state index contributed by atoms with van der Waals surface area (Å²) < 4.78 is 11.1. The fourth-order valence-corrected chi connectivity index (χ4v) is 2.15. The highest BCUT2D eigenvalue weighted by atomic mass is 127. The minimum Gasteiger partial charge on any atom is -0.491 e. The zero-order valence-electron chi connectivity index (χ0n) is 13.8. The van der Waals surface area contributed by atoms with Gasteiger partial charge in [0.15, 0.2) is 5.96 Å². The standard InChI is InChI=1S/C17H23N3O2.HI/c1-13-6-4-7-14(2)16(13)22-11-9-19-17(18-3)20-12-15-8-5-10-21-15;/h4-8,10H,9,11-12H2,1-3H3,(H2,18,19,20);1H. The first-order chi connectivity index (χ1) is 10.7. The molecule has 0 spiro atoms. The number of nitrogens with one attached hydrogen (secondary N) is 2. The van der Waals surface area contributed by atoms with E-state index < -0.39 is 0 Å². The summed E-state index contributed by atoms with van der Waals surface area (Å²) in [4.78, 5) is 4.16. The van der Waals surface area contributed by atoms with Crippen LogP contribution in [0.1, 0.15) is 16.9 Å². The van der Waals surface area contributed by atoms with E-state index in [-0.39, 0.29) is 24.0 Å². The van der Waals surface area contributed by atoms with Gasteiger partial charge in [-0.2, -0.15) is 0 Å². The van der Waals surface area contributed by atoms with Gasteiger partial charge in [-0.15, -0.1) is 24.0 Å². The molecule has 0 radical (unpaired) electrons. The second-order valence-corrected chi connectivity index (χ2v) is 5.00. The average Bonchev–Trinajstić information content (AvgIpc) is 3.02. The Hall–Kier alpha value is -1.70. The topological polar surface area (TPSA) is 58.8 Å². The molecule has 6 heteroatoms. The lowest BCUT2D eigenvalue weighted by molar-refractivity contribution is 0.317. The van der Waals surface area contributed by atoms with E-state index in [1.165, 1.54) is 0 Å². The van der Waals surface area contributed by atoms with E-state index in [0.717, 1.165) is 28.6 Å². The predicted octanol–water partition coefficient (Wildman–Crippen LogP) is 3.26. The highest BCUT2D eigenvalue weighted by Crippen LogP contribution is 2.21. The second-order valence-electron chi connectivity index (χ2n) is 5.00. The van der Waals surface area contributed by atoms with Gasteiger partial charge in [-0.1, -0.05) is 18.2 Å². The molecule has 2 N–H and O–H groups in total. The summed E-state index contributed by atoms with van der Waals surface area (Å²) in [6.45, 7) is 5.96. The van der Waals surface area contributed by atoms with Crippen LogP contribution < -0.4 is 15.4 Å². The molecule has 0 saturated heterocycles. The normalized spacial score (nSPS) is 10.8. The van der Waals surface area contributed by atoms with Crippen LogP contribution in [0.5, 0.6) is 5.75 Å². The summed E-state index contributed by atoms with van der Waals surface area (Å²) in [7, 11) is 1.74. The monoisotopic (exact) mass is 429 g/mol. The first kappa shape index (κ1) is 19.3. The van der Waals surface area contributed by atoms with E-state index in [9.17, 15) is 0 Å². The van der Waals surface area contributed by atoms with Crippen molar-refractivity contribution in [2.75, 3.05) is 20.2 Å². The Morgan fingerprint density at radius 1 is 1.13 bits per heavy atom. The molecule has 0 aliphatic carbocycles. The molecule has 0 amide bonds. The highest BCUT2D eigenvalue weighted by Gasteiger charge is 2.03. The van der Waals surface area contributed by atoms with Gasteiger partial charge >= 0.3 is 0 Å². The van der Waals surface area contributed by atoms with E-state index in [1.54, 1.807) is 13.3 Å². The van der Waals surface area contributed by atoms with Crippen molar-refractivity contribution in [3.63, 3.8) is 0 Å². The van der Waals surface area contributed by atoms with Crippen molar-refractivity contribution >= 4 is 29.9 Å². The maximum atomic E-state index is 5.85. The molecular formula is C17H24IN3O2. The summed E-state index contributed by atoms with van der Waals surface area (Å²) in [5.74, 6) is 2.55. The van der Waals surface area contributed by atoms with Crippen LogP contribution in [0, 0.1) is 13.8 Å². The number of aryl methyl sites for hydroxylation is 2. The van der Waals surface area contributed by atoms with E-state index in [1.807, 2.05) is 18.2 Å². The van der Waals surface area contributed by atoms with Gasteiger partial charge in [0.2, 0.25) is 0 Å². The molecule has 0 atom stereocenters. The van der Waals surface area contributed by atoms with Crippen LogP contribution in [0.25, 0.3) is 0 Å². The van der Waals surface area contributed by atoms with Gasteiger partial charge in [0.05, 0.1) is 19.4 Å². The van der Waals surface area contributed by atoms with Crippen LogP contribution in [0.15, 0.2) is 46.0 Å². The lowest BCUT2D eigenvalue weighted by Gasteiger charge is -2.14. The molecule has 5 nitrogen and oxygen atoms in total. The van der Waals surface area contributed by atoms with Crippen molar-refractivity contribution in [2.24, 2.45) is 4.99 Å². The summed E-state index contributed by atoms with van der Waals surface area (Å²) in [5, 5.41) is 6.40. The second kappa shape index (κ2) is 10.1. The van der Waals surface area contributed by atoms with E-state index in [0.29, 0.717) is 19.7 Å². The number of hydrogen-bond acceptors (Lipinski definition) is 3. The van der Waals surface area contributed by atoms with Gasteiger partial charge in [0, 0.05) is 7.05 Å². The fraction of sp³-hybridized carbons (Fsp3) is 0.353. The number of aliphatic imine (C=N–C) groups is 1. The largest absolute Gasteiger partial charge is 0.491 e. The number of furan rings is 1. The molecule has 23 heavy (non-hydrogen) atoms. The first-order valence-electron chi connectivity index (χ1n) is 7.36. The minimum atomic E-state index is 0. The Balaban J connectivity index is 0.00000264. The highest BCUT2D eigenvalue weighted by molar-refractivity contribution is 14.0. The number of halogens is 1. The Labute approximate surface area is 154 Å². The third kappa shape index (κ3) is 6.13. The quantitative estimate of drug-likeness (QED) is 0.321. The number of nitrogens with zero attached hydrogens (tertiary/aromatic N) is 1. The molecule has 126 valence electrons. The summed E-state index contributed by atoms with van der Waals surface area (Å²) in [6.07, 6.45) is 1.66. The molecule has 0 aliphatic rings. The average molecular weight is 429 g/mol. The third-order valence-electron chi connectivity index (χ3n) is 3.28. The van der Waals surface area contributed by atoms with Gasteiger partial charge in [0.1, 0.15) is 18.1 Å². The maximum Gasteiger partial charge on any atom is 0.191 e. The van der Waals surface area contributed by atoms with Gasteiger partial charge in [-0.25, -0.2) is 0 Å². The van der Waals surface area contributed by atoms with Gasteiger partial charge in [-0.05, 0) is 37.1 Å². The lowest BCUT2D eigenvalue weighted by atomic mass is 10.1. The van der Waals surface area contributed by atoms with Crippen LogP contribution in [0.3, 0.4) is 0 Å². The summed E-state index contributed by atoms with van der Waals surface area (Å²) in [5.41, 5.74) is 2.31. The van der Waals surface area contributed by atoms with E-state index in [4.69, 9.17) is 9.15 Å². The van der Waals surface area contributed by atoms with Crippen LogP contribution in [-0.2, 0) is 6.54 Å². The number of para-hydroxylation sites is 1. The Bertz CT molecular complexity index is 592. The molecule has 2 aromatic rings. The number of rotatable bonds is 6. The fourth-order valence-electron chi connectivity index (χ4n) is 2.15. The predicted molar refractivity (Wildman–Crippen MR) is 104 cm³/mol. The SMILES string of the molecule is CN=C(NCCOc1c(C)cccc1C)NCc1ccco1.I. The molecule has 1 aromatic heterocycles. The number of hydrogen-bond donors (Lipinski definition) is 2. The van der Waals surface area contributed by atoms with E-state index in [2.05, 4.69) is 41.6 Å². The van der Waals surface area contributed by atoms with Gasteiger partial charge in [0.25, 0.3) is 0 Å². The van der Waals surface area contributed by atoms with Gasteiger partial charge in [-0.3, -0.25) is 4.99 Å². The first-order valence-corrected chi connectivity index (χ1v) is 7.36. The Kier molecular flexibility index (Phi) is 8.53. The minimum absolute atomic E-state index is 0. The van der Waals surface area contributed by atoms with Crippen LogP contribution in [-0.4, -0.2) is 26.2 Å². The Morgan fingerprint density at radius 3 is 2.48 bits per heavy atom. The number of benzene rings is 1. The third-order valence-corrected chi connectivity index (χ3v) is 3.28. The Morgan fingerprint density at radius 2 is 1.87 bits per heavy atom. The van der Waals surface area contributed by atoms with E-state index >= 15 is 0 Å². The summed E-state index contributed by atoms with van der Waals surface area (Å²) >= 11 is 0. The van der Waals surface area contributed by atoms with Crippen LogP contribution in [0.2, 0.25) is 0 Å². The molecule has 1 heterocycles. The van der Waals surface area contributed by atoms with Crippen molar-refractivity contribution in [2.45, 2.75) is 20.4 Å². The summed E-state index contributed by atoms with van der Waals surface area (Å²) in [6, 6.07) is 9.94. The molecular weight excluding hydrogens is 405 g/mol. The molecule has 0 fully saturated rings. The van der Waals surface area contributed by atoms with Gasteiger partial charge < -0.3 is 19.8 Å². The van der Waals surface area contributed by atoms with Crippen molar-refractivity contribution < 1.29 is 9.15 Å².